The molecule has 1 fully saturated rings. The molecule has 24 heavy (non-hydrogen) atoms. The number of aromatic nitrogens is 1. The smallest absolute Gasteiger partial charge is 0.251 e. The molecule has 0 aliphatic carbocycles. The van der Waals surface area contributed by atoms with E-state index in [2.05, 4.69) is 21.3 Å². The molecule has 3 N–H and O–H groups in total. The van der Waals surface area contributed by atoms with Gasteiger partial charge in [0, 0.05) is 37.9 Å². The van der Waals surface area contributed by atoms with E-state index in [1.807, 2.05) is 36.5 Å². The molecule has 1 aromatic carbocycles. The van der Waals surface area contributed by atoms with Crippen LogP contribution in [0.3, 0.4) is 0 Å². The van der Waals surface area contributed by atoms with Crippen LogP contribution in [0.5, 0.6) is 0 Å². The molecule has 1 aromatic heterocycles. The third kappa shape index (κ3) is 4.11. The fourth-order valence-electron chi connectivity index (χ4n) is 2.94. The summed E-state index contributed by atoms with van der Waals surface area (Å²) in [5.41, 5.74) is 8.31. The number of benzene rings is 1. The Hall–Kier alpha value is -2.40. The number of hydrogen-bond donors (Lipinski definition) is 2. The summed E-state index contributed by atoms with van der Waals surface area (Å²) in [5.74, 6) is 0.934. The largest absolute Gasteiger partial charge is 0.357 e. The fraction of sp³-hybridized carbons (Fsp3) is 0.368. The maximum atomic E-state index is 12.2. The van der Waals surface area contributed by atoms with Crippen molar-refractivity contribution in [1.82, 2.24) is 10.3 Å². The van der Waals surface area contributed by atoms with Gasteiger partial charge in [-0.05, 0) is 54.7 Å². The maximum absolute atomic E-state index is 12.2. The second-order valence-electron chi connectivity index (χ2n) is 6.15. The highest BCUT2D eigenvalue weighted by molar-refractivity contribution is 5.94. The van der Waals surface area contributed by atoms with Gasteiger partial charge in [-0.2, -0.15) is 0 Å². The number of rotatable bonds is 5. The molecule has 5 heteroatoms. The summed E-state index contributed by atoms with van der Waals surface area (Å²) in [5, 5.41) is 2.97. The number of piperidine rings is 1. The summed E-state index contributed by atoms with van der Waals surface area (Å²) in [6.07, 6.45) is 5.57. The first-order valence-electron chi connectivity index (χ1n) is 8.53. The normalized spacial score (nSPS) is 14.5. The third-order valence-electron chi connectivity index (χ3n) is 4.39. The van der Waals surface area contributed by atoms with Gasteiger partial charge in [0.1, 0.15) is 5.82 Å². The van der Waals surface area contributed by atoms with Crippen LogP contribution in [0.4, 0.5) is 5.82 Å². The van der Waals surface area contributed by atoms with Crippen molar-refractivity contribution in [2.45, 2.75) is 32.4 Å². The molecule has 0 spiro atoms. The van der Waals surface area contributed by atoms with Gasteiger partial charge in [-0.1, -0.05) is 12.1 Å². The van der Waals surface area contributed by atoms with Gasteiger partial charge >= 0.3 is 0 Å². The van der Waals surface area contributed by atoms with Crippen LogP contribution in [0.1, 0.15) is 40.7 Å². The Morgan fingerprint density at radius 1 is 1.08 bits per heavy atom. The Labute approximate surface area is 142 Å². The van der Waals surface area contributed by atoms with Crippen LogP contribution >= 0.6 is 0 Å². The van der Waals surface area contributed by atoms with Crippen LogP contribution in [-0.4, -0.2) is 24.0 Å². The first-order valence-corrected chi connectivity index (χ1v) is 8.53. The van der Waals surface area contributed by atoms with E-state index in [0.29, 0.717) is 18.7 Å². The summed E-state index contributed by atoms with van der Waals surface area (Å²) < 4.78 is 0. The lowest BCUT2D eigenvalue weighted by Crippen LogP contribution is -2.30. The van der Waals surface area contributed by atoms with Crippen LogP contribution < -0.4 is 16.0 Å². The molecule has 126 valence electrons. The summed E-state index contributed by atoms with van der Waals surface area (Å²) in [6.45, 7) is 3.12. The standard InChI is InChI=1S/C19H24N4O/c20-13-15-4-6-17(7-5-15)19(24)22-14-16-8-9-21-18(12-16)23-10-2-1-3-11-23/h4-9,12H,1-3,10-11,13-14,20H2,(H,22,24). The summed E-state index contributed by atoms with van der Waals surface area (Å²) >= 11 is 0. The van der Waals surface area contributed by atoms with Crippen molar-refractivity contribution in [3.63, 3.8) is 0 Å². The highest BCUT2D eigenvalue weighted by Gasteiger charge is 2.12. The number of carbonyl (C=O) groups is 1. The predicted octanol–water partition coefficient (Wildman–Crippen LogP) is 2.46. The number of nitrogens with two attached hydrogens (primary N) is 1. The molecule has 5 nitrogen and oxygen atoms in total. The molecule has 2 aromatic rings. The monoisotopic (exact) mass is 324 g/mol. The van der Waals surface area contributed by atoms with Crippen molar-refractivity contribution in [2.24, 2.45) is 5.73 Å². The van der Waals surface area contributed by atoms with Gasteiger partial charge in [0.05, 0.1) is 0 Å². The molecule has 0 saturated carbocycles. The SMILES string of the molecule is NCc1ccc(C(=O)NCc2ccnc(N3CCCCC3)c2)cc1. The lowest BCUT2D eigenvalue weighted by atomic mass is 10.1. The zero-order valence-electron chi connectivity index (χ0n) is 13.9. The minimum absolute atomic E-state index is 0.0742. The van der Waals surface area contributed by atoms with Crippen LogP contribution in [0.15, 0.2) is 42.6 Å². The van der Waals surface area contributed by atoms with Crippen molar-refractivity contribution in [3.05, 3.63) is 59.3 Å². The van der Waals surface area contributed by atoms with Gasteiger partial charge in [-0.3, -0.25) is 4.79 Å². The second kappa shape index (κ2) is 7.93. The van der Waals surface area contributed by atoms with Gasteiger partial charge in [-0.25, -0.2) is 4.98 Å². The highest BCUT2D eigenvalue weighted by Crippen LogP contribution is 2.18. The Bertz CT molecular complexity index is 678. The van der Waals surface area contributed by atoms with Gasteiger partial charge < -0.3 is 16.0 Å². The quantitative estimate of drug-likeness (QED) is 0.886. The molecule has 0 bridgehead atoms. The minimum atomic E-state index is -0.0742. The van der Waals surface area contributed by atoms with Crippen LogP contribution in [0, 0.1) is 0 Å². The van der Waals surface area contributed by atoms with E-state index in [9.17, 15) is 4.79 Å². The zero-order chi connectivity index (χ0) is 16.8. The molecular weight excluding hydrogens is 300 g/mol. The van der Waals surface area contributed by atoms with E-state index < -0.39 is 0 Å². The number of amides is 1. The molecule has 0 atom stereocenters. The van der Waals surface area contributed by atoms with E-state index >= 15 is 0 Å². The molecule has 1 aliphatic heterocycles. The minimum Gasteiger partial charge on any atom is -0.357 e. The van der Waals surface area contributed by atoms with E-state index in [0.717, 1.165) is 30.0 Å². The van der Waals surface area contributed by atoms with Gasteiger partial charge in [0.2, 0.25) is 0 Å². The Morgan fingerprint density at radius 2 is 1.83 bits per heavy atom. The fourth-order valence-corrected chi connectivity index (χ4v) is 2.94. The lowest BCUT2D eigenvalue weighted by Gasteiger charge is -2.27. The molecule has 2 heterocycles. The van der Waals surface area contributed by atoms with E-state index in [-0.39, 0.29) is 5.91 Å². The maximum Gasteiger partial charge on any atom is 0.251 e. The molecule has 0 unspecified atom stereocenters. The van der Waals surface area contributed by atoms with E-state index in [1.54, 1.807) is 0 Å². The number of nitrogens with one attached hydrogen (secondary N) is 1. The average molecular weight is 324 g/mol. The van der Waals surface area contributed by atoms with Gasteiger partial charge in [0.15, 0.2) is 0 Å². The molecule has 1 saturated heterocycles. The number of pyridine rings is 1. The van der Waals surface area contributed by atoms with Crippen LogP contribution in [-0.2, 0) is 13.1 Å². The Kier molecular flexibility index (Phi) is 5.43. The molecule has 1 aliphatic rings. The molecule has 0 radical (unpaired) electrons. The zero-order valence-corrected chi connectivity index (χ0v) is 13.9. The van der Waals surface area contributed by atoms with Crippen molar-refractivity contribution in [3.8, 4) is 0 Å². The van der Waals surface area contributed by atoms with Gasteiger partial charge in [-0.15, -0.1) is 0 Å². The predicted molar refractivity (Wildman–Crippen MR) is 95.8 cm³/mol. The first-order chi connectivity index (χ1) is 11.8. The number of nitrogens with zero attached hydrogens (tertiary/aromatic N) is 2. The number of carbonyl (C=O) groups excluding carboxylic acids is 1. The highest BCUT2D eigenvalue weighted by atomic mass is 16.1. The van der Waals surface area contributed by atoms with E-state index in [1.165, 1.54) is 19.3 Å². The molecular formula is C19H24N4O. The summed E-state index contributed by atoms with van der Waals surface area (Å²) in [7, 11) is 0. The van der Waals surface area contributed by atoms with E-state index in [4.69, 9.17) is 5.73 Å². The summed E-state index contributed by atoms with van der Waals surface area (Å²) in [6, 6.07) is 11.4. The van der Waals surface area contributed by atoms with Crippen LogP contribution in [0.25, 0.3) is 0 Å². The number of anilines is 1. The third-order valence-corrected chi connectivity index (χ3v) is 4.39. The van der Waals surface area contributed by atoms with Crippen molar-refractivity contribution >= 4 is 11.7 Å². The van der Waals surface area contributed by atoms with Gasteiger partial charge in [0.25, 0.3) is 5.91 Å². The van der Waals surface area contributed by atoms with Crippen molar-refractivity contribution < 1.29 is 4.79 Å². The van der Waals surface area contributed by atoms with Crippen molar-refractivity contribution in [1.29, 1.82) is 0 Å². The number of hydrogen-bond acceptors (Lipinski definition) is 4. The lowest BCUT2D eigenvalue weighted by molar-refractivity contribution is 0.0951. The van der Waals surface area contributed by atoms with Crippen LogP contribution in [0.2, 0.25) is 0 Å². The molecule has 1 amide bonds. The molecule has 3 rings (SSSR count). The van der Waals surface area contributed by atoms with Crippen molar-refractivity contribution in [2.75, 3.05) is 18.0 Å². The Balaban J connectivity index is 1.60. The average Bonchev–Trinajstić information content (AvgIpc) is 2.67. The first kappa shape index (κ1) is 16.5. The Morgan fingerprint density at radius 3 is 2.54 bits per heavy atom. The topological polar surface area (TPSA) is 71.2 Å². The second-order valence-corrected chi connectivity index (χ2v) is 6.15. The summed E-state index contributed by atoms with van der Waals surface area (Å²) in [4.78, 5) is 19.0.